The molecule has 0 aromatic rings. The van der Waals surface area contributed by atoms with Crippen LogP contribution in [-0.2, 0) is 4.79 Å². The van der Waals surface area contributed by atoms with E-state index < -0.39 is 0 Å². The molecular weight excluding hydrogens is 228 g/mol. The molecule has 0 rings (SSSR count). The number of carbonyl (C=O) groups is 1. The van der Waals surface area contributed by atoms with Gasteiger partial charge in [0.05, 0.1) is 6.54 Å². The fraction of sp³-hybridized carbons (Fsp3) is 0.929. The van der Waals surface area contributed by atoms with Crippen LogP contribution >= 0.6 is 0 Å². The molecule has 0 heterocycles. The van der Waals surface area contributed by atoms with Gasteiger partial charge in [0, 0.05) is 19.2 Å². The number of aliphatic hydroxyl groups excluding tert-OH is 1. The minimum atomic E-state index is 0.0710. The summed E-state index contributed by atoms with van der Waals surface area (Å²) in [5, 5.41) is 15.0. The zero-order chi connectivity index (χ0) is 14.0. The molecular formula is C14H30N2O2. The third-order valence-corrected chi connectivity index (χ3v) is 3.25. The second-order valence-electron chi connectivity index (χ2n) is 5.68. The second-order valence-corrected chi connectivity index (χ2v) is 5.68. The highest BCUT2D eigenvalue weighted by atomic mass is 16.2. The highest BCUT2D eigenvalue weighted by Crippen LogP contribution is 2.20. The summed E-state index contributed by atoms with van der Waals surface area (Å²) in [7, 11) is 0. The van der Waals surface area contributed by atoms with E-state index in [0.717, 1.165) is 32.2 Å². The maximum Gasteiger partial charge on any atom is 0.234 e. The van der Waals surface area contributed by atoms with Gasteiger partial charge >= 0.3 is 0 Å². The van der Waals surface area contributed by atoms with Crippen LogP contribution in [0.15, 0.2) is 0 Å². The summed E-state index contributed by atoms with van der Waals surface area (Å²) < 4.78 is 0. The van der Waals surface area contributed by atoms with E-state index in [2.05, 4.69) is 38.3 Å². The predicted molar refractivity (Wildman–Crippen MR) is 75.5 cm³/mol. The van der Waals surface area contributed by atoms with Crippen LogP contribution in [0, 0.1) is 5.41 Å². The van der Waals surface area contributed by atoms with Crippen LogP contribution in [0.4, 0.5) is 0 Å². The quantitative estimate of drug-likeness (QED) is 0.559. The molecule has 0 fully saturated rings. The van der Waals surface area contributed by atoms with Gasteiger partial charge in [-0.25, -0.2) is 0 Å². The van der Waals surface area contributed by atoms with E-state index in [0.29, 0.717) is 12.6 Å². The van der Waals surface area contributed by atoms with Gasteiger partial charge in [0.15, 0.2) is 0 Å². The third kappa shape index (κ3) is 8.48. The molecule has 0 aromatic heterocycles. The van der Waals surface area contributed by atoms with E-state index in [1.165, 1.54) is 0 Å². The number of nitrogens with one attached hydrogen (secondary N) is 2. The Kier molecular flexibility index (Phi) is 9.02. The number of hydrogen-bond acceptors (Lipinski definition) is 3. The molecule has 0 saturated carbocycles. The monoisotopic (exact) mass is 258 g/mol. The van der Waals surface area contributed by atoms with Crippen LogP contribution in [0.1, 0.15) is 53.4 Å². The molecule has 1 amide bonds. The van der Waals surface area contributed by atoms with Gasteiger partial charge in [-0.2, -0.15) is 0 Å². The molecule has 0 aliphatic rings. The lowest BCUT2D eigenvalue weighted by atomic mass is 9.88. The molecule has 18 heavy (non-hydrogen) atoms. The minimum Gasteiger partial charge on any atom is -0.396 e. The molecule has 0 atom stereocenters. The second kappa shape index (κ2) is 9.34. The smallest absolute Gasteiger partial charge is 0.234 e. The summed E-state index contributed by atoms with van der Waals surface area (Å²) in [4.78, 5) is 11.7. The summed E-state index contributed by atoms with van der Waals surface area (Å²) >= 11 is 0. The Bertz CT molecular complexity index is 226. The van der Waals surface area contributed by atoms with E-state index in [1.54, 1.807) is 0 Å². The highest BCUT2D eigenvalue weighted by Gasteiger charge is 2.17. The van der Waals surface area contributed by atoms with Crippen LogP contribution in [-0.4, -0.2) is 36.8 Å². The summed E-state index contributed by atoms with van der Waals surface area (Å²) in [5.41, 5.74) is 0.123. The van der Waals surface area contributed by atoms with E-state index >= 15 is 0 Å². The zero-order valence-electron chi connectivity index (χ0n) is 12.4. The first-order chi connectivity index (χ1) is 8.45. The van der Waals surface area contributed by atoms with E-state index in [-0.39, 0.29) is 17.9 Å². The number of carbonyl (C=O) groups excluding carboxylic acids is 1. The van der Waals surface area contributed by atoms with Crippen LogP contribution in [0.3, 0.4) is 0 Å². The molecule has 0 aromatic carbocycles. The lowest BCUT2D eigenvalue weighted by Gasteiger charge is -2.25. The van der Waals surface area contributed by atoms with Gasteiger partial charge in [-0.1, -0.05) is 27.7 Å². The number of hydrogen-bond donors (Lipinski definition) is 3. The van der Waals surface area contributed by atoms with E-state index in [4.69, 9.17) is 5.11 Å². The molecule has 0 saturated heterocycles. The minimum absolute atomic E-state index is 0.0710. The molecule has 0 radical (unpaired) electrons. The van der Waals surface area contributed by atoms with Gasteiger partial charge in [0.1, 0.15) is 0 Å². The SMILES string of the molecule is CCC(CC)NC(=O)CNCC(C)(C)CCCO. The highest BCUT2D eigenvalue weighted by molar-refractivity contribution is 5.78. The van der Waals surface area contributed by atoms with Crippen molar-refractivity contribution in [1.82, 2.24) is 10.6 Å². The van der Waals surface area contributed by atoms with Crippen molar-refractivity contribution in [2.45, 2.75) is 59.4 Å². The molecule has 0 aliphatic carbocycles. The summed E-state index contributed by atoms with van der Waals surface area (Å²) in [6.45, 7) is 9.86. The van der Waals surface area contributed by atoms with Gasteiger partial charge in [0.2, 0.25) is 5.91 Å². The van der Waals surface area contributed by atoms with E-state index in [1.807, 2.05) is 0 Å². The van der Waals surface area contributed by atoms with Gasteiger partial charge < -0.3 is 15.7 Å². The normalized spacial score (nSPS) is 11.9. The molecule has 3 N–H and O–H groups in total. The average molecular weight is 258 g/mol. The maximum absolute atomic E-state index is 11.7. The van der Waals surface area contributed by atoms with Crippen molar-refractivity contribution in [2.24, 2.45) is 5.41 Å². The molecule has 108 valence electrons. The fourth-order valence-corrected chi connectivity index (χ4v) is 1.93. The lowest BCUT2D eigenvalue weighted by molar-refractivity contribution is -0.121. The van der Waals surface area contributed by atoms with Gasteiger partial charge in [-0.05, 0) is 31.1 Å². The lowest BCUT2D eigenvalue weighted by Crippen LogP contribution is -2.42. The third-order valence-electron chi connectivity index (χ3n) is 3.25. The molecule has 0 aliphatic heterocycles. The Morgan fingerprint density at radius 3 is 2.39 bits per heavy atom. The predicted octanol–water partition coefficient (Wildman–Crippen LogP) is 1.68. The Hall–Kier alpha value is -0.610. The van der Waals surface area contributed by atoms with Crippen molar-refractivity contribution in [1.29, 1.82) is 0 Å². The number of aliphatic hydroxyl groups is 1. The summed E-state index contributed by atoms with van der Waals surface area (Å²) in [6, 6.07) is 0.293. The van der Waals surface area contributed by atoms with Crippen LogP contribution in [0.2, 0.25) is 0 Å². The van der Waals surface area contributed by atoms with Gasteiger partial charge in [0.25, 0.3) is 0 Å². The standard InChI is InChI=1S/C14H30N2O2/c1-5-12(6-2)16-13(18)10-15-11-14(3,4)8-7-9-17/h12,15,17H,5-11H2,1-4H3,(H,16,18). The number of amides is 1. The van der Waals surface area contributed by atoms with Crippen LogP contribution in [0.5, 0.6) is 0 Å². The largest absolute Gasteiger partial charge is 0.396 e. The Morgan fingerprint density at radius 2 is 1.89 bits per heavy atom. The van der Waals surface area contributed by atoms with Crippen molar-refractivity contribution in [3.05, 3.63) is 0 Å². The van der Waals surface area contributed by atoms with Gasteiger partial charge in [-0.3, -0.25) is 4.79 Å². The maximum atomic E-state index is 11.7. The first kappa shape index (κ1) is 17.4. The average Bonchev–Trinajstić information content (AvgIpc) is 2.33. The van der Waals surface area contributed by atoms with Crippen LogP contribution in [0.25, 0.3) is 0 Å². The Morgan fingerprint density at radius 1 is 1.28 bits per heavy atom. The number of rotatable bonds is 10. The van der Waals surface area contributed by atoms with Crippen molar-refractivity contribution in [3.63, 3.8) is 0 Å². The Labute approximate surface area is 112 Å². The first-order valence-electron chi connectivity index (χ1n) is 7.06. The van der Waals surface area contributed by atoms with Crippen molar-refractivity contribution >= 4 is 5.91 Å². The molecule has 0 spiro atoms. The topological polar surface area (TPSA) is 61.4 Å². The van der Waals surface area contributed by atoms with Crippen molar-refractivity contribution < 1.29 is 9.90 Å². The zero-order valence-corrected chi connectivity index (χ0v) is 12.4. The van der Waals surface area contributed by atoms with E-state index in [9.17, 15) is 4.79 Å². The molecule has 0 bridgehead atoms. The Balaban J connectivity index is 3.79. The molecule has 4 heteroatoms. The van der Waals surface area contributed by atoms with Crippen LogP contribution < -0.4 is 10.6 Å². The van der Waals surface area contributed by atoms with Crippen molar-refractivity contribution in [3.8, 4) is 0 Å². The van der Waals surface area contributed by atoms with Crippen molar-refractivity contribution in [2.75, 3.05) is 19.7 Å². The first-order valence-corrected chi connectivity index (χ1v) is 7.06. The van der Waals surface area contributed by atoms with Gasteiger partial charge in [-0.15, -0.1) is 0 Å². The fourth-order valence-electron chi connectivity index (χ4n) is 1.93. The summed E-state index contributed by atoms with van der Waals surface area (Å²) in [6.07, 6.45) is 3.73. The summed E-state index contributed by atoms with van der Waals surface area (Å²) in [5.74, 6) is 0.0710. The molecule has 0 unspecified atom stereocenters. The molecule has 4 nitrogen and oxygen atoms in total.